The van der Waals surface area contributed by atoms with Gasteiger partial charge in [0.25, 0.3) is 0 Å². The first-order chi connectivity index (χ1) is 6.74. The summed E-state index contributed by atoms with van der Waals surface area (Å²) in [5.74, 6) is 0.0194. The van der Waals surface area contributed by atoms with Crippen molar-refractivity contribution in [2.24, 2.45) is 0 Å². The van der Waals surface area contributed by atoms with Gasteiger partial charge in [0.2, 0.25) is 5.91 Å². The molecule has 0 aromatic rings. The molecule has 0 radical (unpaired) electrons. The number of rotatable bonds is 5. The second-order valence-corrected chi connectivity index (χ2v) is 3.84. The predicted octanol–water partition coefficient (Wildman–Crippen LogP) is 0.0156. The van der Waals surface area contributed by atoms with Crippen LogP contribution in [-0.2, 0) is 4.79 Å². The van der Waals surface area contributed by atoms with Crippen LogP contribution in [-0.4, -0.2) is 36.2 Å². The third-order valence-corrected chi connectivity index (χ3v) is 2.58. The van der Waals surface area contributed by atoms with Crippen LogP contribution >= 0.6 is 0 Å². The van der Waals surface area contributed by atoms with Crippen molar-refractivity contribution < 1.29 is 9.90 Å². The van der Waals surface area contributed by atoms with E-state index in [4.69, 9.17) is 0 Å². The van der Waals surface area contributed by atoms with Crippen LogP contribution < -0.4 is 10.6 Å². The summed E-state index contributed by atoms with van der Waals surface area (Å²) in [6.07, 6.45) is 3.57. The molecule has 0 heterocycles. The zero-order valence-electron chi connectivity index (χ0n) is 8.75. The zero-order chi connectivity index (χ0) is 10.4. The van der Waals surface area contributed by atoms with Crippen LogP contribution in [0.3, 0.4) is 0 Å². The molecule has 1 amide bonds. The lowest BCUT2D eigenvalue weighted by Crippen LogP contribution is -2.42. The van der Waals surface area contributed by atoms with E-state index in [0.717, 1.165) is 32.2 Å². The molecule has 0 aromatic heterocycles. The fraction of sp³-hybridized carbons (Fsp3) is 0.900. The summed E-state index contributed by atoms with van der Waals surface area (Å²) in [4.78, 5) is 11.2. The van der Waals surface area contributed by atoms with E-state index >= 15 is 0 Å². The summed E-state index contributed by atoms with van der Waals surface area (Å²) in [5.41, 5.74) is 0. The highest BCUT2D eigenvalue weighted by atomic mass is 16.3. The van der Waals surface area contributed by atoms with Crippen molar-refractivity contribution in [3.05, 3.63) is 0 Å². The third kappa shape index (κ3) is 3.64. The van der Waals surface area contributed by atoms with Crippen LogP contribution in [0, 0.1) is 0 Å². The number of carbonyl (C=O) groups excluding carboxylic acids is 1. The number of nitrogens with one attached hydrogen (secondary N) is 2. The van der Waals surface area contributed by atoms with E-state index in [9.17, 15) is 9.90 Å². The van der Waals surface area contributed by atoms with Crippen LogP contribution in [0.1, 0.15) is 32.6 Å². The van der Waals surface area contributed by atoms with E-state index in [-0.39, 0.29) is 18.1 Å². The fourth-order valence-corrected chi connectivity index (χ4v) is 1.73. The molecule has 82 valence electrons. The first-order valence-electron chi connectivity index (χ1n) is 5.42. The van der Waals surface area contributed by atoms with E-state index in [1.165, 1.54) is 0 Å². The summed E-state index contributed by atoms with van der Waals surface area (Å²) in [6.45, 7) is 3.07. The lowest BCUT2D eigenvalue weighted by atomic mass is 10.2. The molecule has 0 saturated heterocycles. The Kier molecular flexibility index (Phi) is 4.90. The molecular formula is C10H20N2O2. The number of hydrogen-bond donors (Lipinski definition) is 3. The molecule has 1 saturated carbocycles. The number of aliphatic hydroxyl groups excluding tert-OH is 1. The van der Waals surface area contributed by atoms with Crippen LogP contribution in [0.2, 0.25) is 0 Å². The predicted molar refractivity (Wildman–Crippen MR) is 54.9 cm³/mol. The van der Waals surface area contributed by atoms with Gasteiger partial charge in [-0.25, -0.2) is 0 Å². The largest absolute Gasteiger partial charge is 0.392 e. The van der Waals surface area contributed by atoms with Crippen molar-refractivity contribution in [1.82, 2.24) is 10.6 Å². The van der Waals surface area contributed by atoms with Crippen LogP contribution in [0.25, 0.3) is 0 Å². The number of aliphatic hydroxyl groups is 1. The molecule has 0 spiro atoms. The first-order valence-corrected chi connectivity index (χ1v) is 5.42. The van der Waals surface area contributed by atoms with Gasteiger partial charge in [0.15, 0.2) is 0 Å². The van der Waals surface area contributed by atoms with Crippen molar-refractivity contribution in [2.45, 2.75) is 44.8 Å². The molecule has 1 aliphatic rings. The smallest absolute Gasteiger partial charge is 0.233 e. The summed E-state index contributed by atoms with van der Waals surface area (Å²) >= 11 is 0. The minimum atomic E-state index is -0.269. The van der Waals surface area contributed by atoms with E-state index in [1.807, 2.05) is 6.92 Å². The third-order valence-electron chi connectivity index (χ3n) is 2.58. The molecule has 4 nitrogen and oxygen atoms in total. The van der Waals surface area contributed by atoms with E-state index in [1.54, 1.807) is 0 Å². The van der Waals surface area contributed by atoms with E-state index in [0.29, 0.717) is 6.54 Å². The Bertz CT molecular complexity index is 185. The molecule has 0 aliphatic heterocycles. The van der Waals surface area contributed by atoms with Gasteiger partial charge in [-0.1, -0.05) is 6.92 Å². The highest BCUT2D eigenvalue weighted by molar-refractivity contribution is 5.77. The topological polar surface area (TPSA) is 61.4 Å². The molecule has 0 bridgehead atoms. The highest BCUT2D eigenvalue weighted by Crippen LogP contribution is 2.18. The summed E-state index contributed by atoms with van der Waals surface area (Å²) < 4.78 is 0. The van der Waals surface area contributed by atoms with Crippen molar-refractivity contribution >= 4 is 5.91 Å². The molecular weight excluding hydrogens is 180 g/mol. The van der Waals surface area contributed by atoms with Crippen molar-refractivity contribution in [2.75, 3.05) is 13.1 Å². The summed E-state index contributed by atoms with van der Waals surface area (Å²) in [5, 5.41) is 15.3. The Morgan fingerprint density at radius 2 is 2.29 bits per heavy atom. The molecule has 1 fully saturated rings. The molecule has 0 aromatic carbocycles. The van der Waals surface area contributed by atoms with E-state index in [2.05, 4.69) is 10.6 Å². The zero-order valence-corrected chi connectivity index (χ0v) is 8.75. The maximum Gasteiger partial charge on any atom is 0.233 e. The maximum atomic E-state index is 11.2. The van der Waals surface area contributed by atoms with Gasteiger partial charge in [0, 0.05) is 12.6 Å². The van der Waals surface area contributed by atoms with Crippen molar-refractivity contribution in [3.63, 3.8) is 0 Å². The van der Waals surface area contributed by atoms with Crippen molar-refractivity contribution in [1.29, 1.82) is 0 Å². The van der Waals surface area contributed by atoms with Gasteiger partial charge in [-0.3, -0.25) is 4.79 Å². The summed E-state index contributed by atoms with van der Waals surface area (Å²) in [7, 11) is 0. The Morgan fingerprint density at radius 3 is 2.86 bits per heavy atom. The Labute approximate surface area is 85.1 Å². The fourth-order valence-electron chi connectivity index (χ4n) is 1.73. The van der Waals surface area contributed by atoms with Gasteiger partial charge in [-0.05, 0) is 25.7 Å². The standard InChI is InChI=1S/C10H20N2O2/c1-2-6-11-10(14)7-12-8-4-3-5-9(8)13/h8-9,12-13H,2-7H2,1H3,(H,11,14)/t8-,9-/m1/s1. The molecule has 1 rings (SSSR count). The highest BCUT2D eigenvalue weighted by Gasteiger charge is 2.24. The molecule has 0 unspecified atom stereocenters. The Morgan fingerprint density at radius 1 is 1.50 bits per heavy atom. The first kappa shape index (κ1) is 11.5. The second kappa shape index (κ2) is 5.98. The van der Waals surface area contributed by atoms with Crippen molar-refractivity contribution in [3.8, 4) is 0 Å². The van der Waals surface area contributed by atoms with Gasteiger partial charge >= 0.3 is 0 Å². The minimum absolute atomic E-state index is 0.0194. The van der Waals surface area contributed by atoms with Gasteiger partial charge in [-0.15, -0.1) is 0 Å². The van der Waals surface area contributed by atoms with Gasteiger partial charge in [0.05, 0.1) is 12.6 Å². The SMILES string of the molecule is CCCNC(=O)CN[C@@H]1CCC[C@H]1O. The second-order valence-electron chi connectivity index (χ2n) is 3.84. The van der Waals surface area contributed by atoms with Gasteiger partial charge in [0.1, 0.15) is 0 Å². The van der Waals surface area contributed by atoms with Crippen LogP contribution in [0.4, 0.5) is 0 Å². The molecule has 14 heavy (non-hydrogen) atoms. The van der Waals surface area contributed by atoms with Crippen LogP contribution in [0.15, 0.2) is 0 Å². The maximum absolute atomic E-state index is 11.2. The quantitative estimate of drug-likeness (QED) is 0.586. The average Bonchev–Trinajstić information content (AvgIpc) is 2.58. The Balaban J connectivity index is 2.10. The molecule has 3 N–H and O–H groups in total. The normalized spacial score (nSPS) is 26.4. The van der Waals surface area contributed by atoms with E-state index < -0.39 is 0 Å². The number of carbonyl (C=O) groups is 1. The van der Waals surface area contributed by atoms with Gasteiger partial charge < -0.3 is 15.7 Å². The monoisotopic (exact) mass is 200 g/mol. The number of hydrogen-bond acceptors (Lipinski definition) is 3. The minimum Gasteiger partial charge on any atom is -0.392 e. The molecule has 4 heteroatoms. The molecule has 1 aliphatic carbocycles. The summed E-state index contributed by atoms with van der Waals surface area (Å²) in [6, 6.07) is 0.113. The van der Waals surface area contributed by atoms with Gasteiger partial charge in [-0.2, -0.15) is 0 Å². The Hall–Kier alpha value is -0.610. The number of amides is 1. The molecule has 2 atom stereocenters. The lowest BCUT2D eigenvalue weighted by molar-refractivity contribution is -0.120. The lowest BCUT2D eigenvalue weighted by Gasteiger charge is -2.15. The average molecular weight is 200 g/mol. The van der Waals surface area contributed by atoms with Crippen LogP contribution in [0.5, 0.6) is 0 Å².